The van der Waals surface area contributed by atoms with Gasteiger partial charge < -0.3 is 19.9 Å². The third-order valence-electron chi connectivity index (χ3n) is 2.51. The number of hydrogen-bond acceptors (Lipinski definition) is 4. The van der Waals surface area contributed by atoms with Gasteiger partial charge in [-0.05, 0) is 31.0 Å². The third-order valence-corrected chi connectivity index (χ3v) is 2.51. The summed E-state index contributed by atoms with van der Waals surface area (Å²) in [6.07, 6.45) is 1.76. The van der Waals surface area contributed by atoms with E-state index in [9.17, 15) is 0 Å². The number of ether oxygens (including phenoxy) is 3. The molecule has 0 atom stereocenters. The Hall–Kier alpha value is -1.10. The Morgan fingerprint density at radius 3 is 2.67 bits per heavy atom. The zero-order valence-electron chi connectivity index (χ0n) is 11.1. The number of nitrogens with two attached hydrogens (primary N) is 1. The predicted molar refractivity (Wildman–Crippen MR) is 72.0 cm³/mol. The smallest absolute Gasteiger partial charge is 0.122 e. The Kier molecular flexibility index (Phi) is 8.21. The molecule has 0 aliphatic carbocycles. The molecule has 0 aliphatic rings. The number of para-hydroxylation sites is 1. The quantitative estimate of drug-likeness (QED) is 0.644. The van der Waals surface area contributed by atoms with E-state index in [2.05, 4.69) is 0 Å². The van der Waals surface area contributed by atoms with Crippen molar-refractivity contribution in [2.75, 3.05) is 40.1 Å². The van der Waals surface area contributed by atoms with Gasteiger partial charge in [-0.25, -0.2) is 0 Å². The van der Waals surface area contributed by atoms with Crippen LogP contribution < -0.4 is 10.5 Å². The summed E-state index contributed by atoms with van der Waals surface area (Å²) in [6.45, 7) is 3.24. The average Bonchev–Trinajstić information content (AvgIpc) is 2.40. The van der Waals surface area contributed by atoms with E-state index in [0.29, 0.717) is 26.4 Å². The molecule has 0 amide bonds. The minimum Gasteiger partial charge on any atom is -0.491 e. The molecule has 0 aliphatic heterocycles. The standard InChI is InChI=1S/C14H23NO3/c1-16-9-4-10-17-11-12-18-14-6-3-2-5-13(14)7-8-15/h2-3,5-6H,4,7-12,15H2,1H3. The average molecular weight is 253 g/mol. The number of hydrogen-bond donors (Lipinski definition) is 1. The van der Waals surface area contributed by atoms with Gasteiger partial charge in [0.05, 0.1) is 6.61 Å². The molecule has 0 bridgehead atoms. The molecule has 0 aromatic heterocycles. The monoisotopic (exact) mass is 253 g/mol. The minimum atomic E-state index is 0.564. The van der Waals surface area contributed by atoms with E-state index in [0.717, 1.165) is 30.8 Å². The van der Waals surface area contributed by atoms with Gasteiger partial charge in [0.15, 0.2) is 0 Å². The number of methoxy groups -OCH3 is 1. The molecule has 1 rings (SSSR count). The van der Waals surface area contributed by atoms with Crippen LogP contribution in [0.15, 0.2) is 24.3 Å². The van der Waals surface area contributed by atoms with E-state index >= 15 is 0 Å². The molecule has 1 aromatic rings. The SMILES string of the molecule is COCCCOCCOc1ccccc1CCN. The van der Waals surface area contributed by atoms with Gasteiger partial charge in [0.25, 0.3) is 0 Å². The van der Waals surface area contributed by atoms with E-state index in [1.54, 1.807) is 7.11 Å². The van der Waals surface area contributed by atoms with Crippen molar-refractivity contribution >= 4 is 0 Å². The van der Waals surface area contributed by atoms with Gasteiger partial charge in [0.2, 0.25) is 0 Å². The highest BCUT2D eigenvalue weighted by molar-refractivity contribution is 5.33. The largest absolute Gasteiger partial charge is 0.491 e. The Morgan fingerprint density at radius 1 is 1.06 bits per heavy atom. The lowest BCUT2D eigenvalue weighted by atomic mass is 10.1. The first kappa shape index (κ1) is 15.0. The maximum absolute atomic E-state index is 5.68. The third kappa shape index (κ3) is 6.00. The Morgan fingerprint density at radius 2 is 1.89 bits per heavy atom. The van der Waals surface area contributed by atoms with E-state index in [1.165, 1.54) is 0 Å². The molecule has 0 heterocycles. The molecule has 0 spiro atoms. The van der Waals surface area contributed by atoms with Gasteiger partial charge in [-0.15, -0.1) is 0 Å². The lowest BCUT2D eigenvalue weighted by molar-refractivity contribution is 0.0804. The van der Waals surface area contributed by atoms with Crippen LogP contribution in [0.3, 0.4) is 0 Å². The summed E-state index contributed by atoms with van der Waals surface area (Å²) in [6, 6.07) is 7.98. The fourth-order valence-corrected chi connectivity index (χ4v) is 1.62. The van der Waals surface area contributed by atoms with Crippen molar-refractivity contribution in [3.63, 3.8) is 0 Å². The molecular formula is C14H23NO3. The molecular weight excluding hydrogens is 230 g/mol. The second kappa shape index (κ2) is 9.88. The van der Waals surface area contributed by atoms with Crippen LogP contribution >= 0.6 is 0 Å². The lowest BCUT2D eigenvalue weighted by Crippen LogP contribution is -2.10. The molecule has 0 fully saturated rings. The van der Waals surface area contributed by atoms with Crippen LogP contribution in [0.2, 0.25) is 0 Å². The Bertz CT molecular complexity index is 318. The first-order valence-electron chi connectivity index (χ1n) is 6.36. The molecule has 4 heteroatoms. The summed E-state index contributed by atoms with van der Waals surface area (Å²) in [5.41, 5.74) is 6.71. The molecule has 18 heavy (non-hydrogen) atoms. The minimum absolute atomic E-state index is 0.564. The molecule has 0 saturated carbocycles. The second-order valence-corrected chi connectivity index (χ2v) is 3.95. The zero-order valence-corrected chi connectivity index (χ0v) is 11.1. The predicted octanol–water partition coefficient (Wildman–Crippen LogP) is 1.62. The van der Waals surface area contributed by atoms with Gasteiger partial charge in [0.1, 0.15) is 12.4 Å². The molecule has 0 saturated heterocycles. The summed E-state index contributed by atoms with van der Waals surface area (Å²) in [4.78, 5) is 0. The van der Waals surface area contributed by atoms with Crippen molar-refractivity contribution in [1.82, 2.24) is 0 Å². The highest BCUT2D eigenvalue weighted by Crippen LogP contribution is 2.17. The maximum Gasteiger partial charge on any atom is 0.122 e. The van der Waals surface area contributed by atoms with Crippen LogP contribution in [-0.4, -0.2) is 40.1 Å². The summed E-state index contributed by atoms with van der Waals surface area (Å²) >= 11 is 0. The van der Waals surface area contributed by atoms with Crippen molar-refractivity contribution in [2.45, 2.75) is 12.8 Å². The lowest BCUT2D eigenvalue weighted by Gasteiger charge is -2.11. The van der Waals surface area contributed by atoms with Crippen LogP contribution in [-0.2, 0) is 15.9 Å². The topological polar surface area (TPSA) is 53.7 Å². The van der Waals surface area contributed by atoms with Crippen LogP contribution in [0.25, 0.3) is 0 Å². The fraction of sp³-hybridized carbons (Fsp3) is 0.571. The number of rotatable bonds is 10. The first-order valence-corrected chi connectivity index (χ1v) is 6.36. The van der Waals surface area contributed by atoms with E-state index in [4.69, 9.17) is 19.9 Å². The molecule has 1 aromatic carbocycles. The van der Waals surface area contributed by atoms with Gasteiger partial charge in [-0.2, -0.15) is 0 Å². The van der Waals surface area contributed by atoms with E-state index in [1.807, 2.05) is 24.3 Å². The zero-order chi connectivity index (χ0) is 13.1. The van der Waals surface area contributed by atoms with Crippen LogP contribution in [0.4, 0.5) is 0 Å². The van der Waals surface area contributed by atoms with Gasteiger partial charge >= 0.3 is 0 Å². The maximum atomic E-state index is 5.68. The highest BCUT2D eigenvalue weighted by Gasteiger charge is 2.01. The van der Waals surface area contributed by atoms with Gasteiger partial charge in [0, 0.05) is 20.3 Å². The second-order valence-electron chi connectivity index (χ2n) is 3.95. The molecule has 102 valence electrons. The van der Waals surface area contributed by atoms with Crippen LogP contribution in [0.1, 0.15) is 12.0 Å². The first-order chi connectivity index (χ1) is 8.88. The normalized spacial score (nSPS) is 10.6. The van der Waals surface area contributed by atoms with E-state index in [-0.39, 0.29) is 0 Å². The Labute approximate surface area is 109 Å². The van der Waals surface area contributed by atoms with Crippen molar-refractivity contribution in [3.8, 4) is 5.75 Å². The van der Waals surface area contributed by atoms with Crippen molar-refractivity contribution < 1.29 is 14.2 Å². The van der Waals surface area contributed by atoms with Crippen LogP contribution in [0.5, 0.6) is 5.75 Å². The van der Waals surface area contributed by atoms with Crippen molar-refractivity contribution in [2.24, 2.45) is 5.73 Å². The summed E-state index contributed by atoms with van der Waals surface area (Å²) in [5.74, 6) is 0.906. The summed E-state index contributed by atoms with van der Waals surface area (Å²) in [7, 11) is 1.69. The Balaban J connectivity index is 2.18. The van der Waals surface area contributed by atoms with Gasteiger partial charge in [-0.1, -0.05) is 18.2 Å². The molecule has 0 unspecified atom stereocenters. The molecule has 4 nitrogen and oxygen atoms in total. The highest BCUT2D eigenvalue weighted by atomic mass is 16.5. The summed E-state index contributed by atoms with van der Waals surface area (Å²) in [5, 5.41) is 0. The van der Waals surface area contributed by atoms with Gasteiger partial charge in [-0.3, -0.25) is 0 Å². The number of benzene rings is 1. The molecule has 0 radical (unpaired) electrons. The summed E-state index contributed by atoms with van der Waals surface area (Å²) < 4.78 is 16.0. The fourth-order valence-electron chi connectivity index (χ4n) is 1.62. The molecule has 2 N–H and O–H groups in total. The van der Waals surface area contributed by atoms with E-state index < -0.39 is 0 Å². The van der Waals surface area contributed by atoms with Crippen LogP contribution in [0, 0.1) is 0 Å². The van der Waals surface area contributed by atoms with Crippen molar-refractivity contribution in [1.29, 1.82) is 0 Å². The van der Waals surface area contributed by atoms with Crippen molar-refractivity contribution in [3.05, 3.63) is 29.8 Å².